The zero-order valence-electron chi connectivity index (χ0n) is 8.72. The monoisotopic (exact) mass is 222 g/mol. The van der Waals surface area contributed by atoms with Gasteiger partial charge in [0.2, 0.25) is 0 Å². The van der Waals surface area contributed by atoms with Gasteiger partial charge in [0, 0.05) is 7.11 Å². The van der Waals surface area contributed by atoms with Crippen molar-refractivity contribution >= 4 is 26.9 Å². The highest BCUT2D eigenvalue weighted by molar-refractivity contribution is 6.82. The van der Waals surface area contributed by atoms with Gasteiger partial charge in [-0.3, -0.25) is 0 Å². The Morgan fingerprint density at radius 2 is 1.50 bits per heavy atom. The van der Waals surface area contributed by atoms with Crippen molar-refractivity contribution in [3.8, 4) is 0 Å². The molecule has 0 spiro atoms. The van der Waals surface area contributed by atoms with Crippen molar-refractivity contribution in [2.75, 3.05) is 7.11 Å². The van der Waals surface area contributed by atoms with Crippen molar-refractivity contribution in [1.29, 1.82) is 0 Å². The predicted molar refractivity (Wildman–Crippen MR) is 55.8 cm³/mol. The summed E-state index contributed by atoms with van der Waals surface area (Å²) in [4.78, 5) is 0. The van der Waals surface area contributed by atoms with Gasteiger partial charge < -0.3 is 12.7 Å². The van der Waals surface area contributed by atoms with Crippen molar-refractivity contribution < 1.29 is 12.7 Å². The molecule has 0 saturated heterocycles. The van der Waals surface area contributed by atoms with Gasteiger partial charge in [0.1, 0.15) is 0 Å². The lowest BCUT2D eigenvalue weighted by Gasteiger charge is -2.30. The van der Waals surface area contributed by atoms with Crippen LogP contribution >= 0.6 is 0 Å². The first-order valence-corrected chi connectivity index (χ1v) is 11.0. The van der Waals surface area contributed by atoms with Crippen molar-refractivity contribution in [2.24, 2.45) is 0 Å². The third kappa shape index (κ3) is 7.19. The average molecular weight is 222 g/mol. The lowest BCUT2D eigenvalue weighted by molar-refractivity contribution is 0.324. The van der Waals surface area contributed by atoms with Gasteiger partial charge >= 0.3 is 18.6 Å². The molecule has 6 heteroatoms. The van der Waals surface area contributed by atoms with E-state index in [1.807, 2.05) is 0 Å². The number of hydrogen-bond acceptors (Lipinski definition) is 3. The fourth-order valence-electron chi connectivity index (χ4n) is 0.900. The molecule has 72 valence electrons. The average Bonchev–Trinajstić information content (AvgIpc) is 1.78. The van der Waals surface area contributed by atoms with Crippen LogP contribution in [0.3, 0.4) is 0 Å². The first-order chi connectivity index (χ1) is 5.27. The third-order valence-corrected chi connectivity index (χ3v) is 7.80. The van der Waals surface area contributed by atoms with E-state index in [-0.39, 0.29) is 10.0 Å². The van der Waals surface area contributed by atoms with Crippen LogP contribution in [-0.4, -0.2) is 34.0 Å². The van der Waals surface area contributed by atoms with Crippen LogP contribution in [0.4, 0.5) is 0 Å². The maximum Gasteiger partial charge on any atom is 0.423 e. The zero-order chi connectivity index (χ0) is 9.83. The van der Waals surface area contributed by atoms with Crippen molar-refractivity contribution in [2.45, 2.75) is 32.7 Å². The van der Waals surface area contributed by atoms with E-state index in [2.05, 4.69) is 32.7 Å². The molecule has 0 aliphatic rings. The van der Waals surface area contributed by atoms with Crippen LogP contribution in [0.5, 0.6) is 0 Å². The molecular formula is C6H18O3Si3. The lowest BCUT2D eigenvalue weighted by Crippen LogP contribution is -2.45. The van der Waals surface area contributed by atoms with Gasteiger partial charge in [-0.1, -0.05) is 0 Å². The van der Waals surface area contributed by atoms with E-state index >= 15 is 0 Å². The van der Waals surface area contributed by atoms with E-state index in [1.165, 1.54) is 0 Å². The SMILES string of the molecule is CO[Si]O[Si](C)(C)O[Si](C)(C)C. The predicted octanol–water partition coefficient (Wildman–Crippen LogP) is 1.74. The summed E-state index contributed by atoms with van der Waals surface area (Å²) in [6, 6.07) is 0. The van der Waals surface area contributed by atoms with Crippen molar-refractivity contribution in [1.82, 2.24) is 0 Å². The van der Waals surface area contributed by atoms with Crippen LogP contribution < -0.4 is 0 Å². The Hall–Kier alpha value is 0.531. The second-order valence-corrected chi connectivity index (χ2v) is 13.2. The zero-order valence-corrected chi connectivity index (χ0v) is 11.7. The molecule has 0 amide bonds. The standard InChI is InChI=1S/C6H18O3Si3/c1-7-10-8-12(5,6)9-11(2,3)4/h1-6H3. The van der Waals surface area contributed by atoms with E-state index in [4.69, 9.17) is 12.7 Å². The highest BCUT2D eigenvalue weighted by atomic mass is 28.5. The normalized spacial score (nSPS) is 13.5. The smallest absolute Gasteiger partial charge is 0.423 e. The van der Waals surface area contributed by atoms with Crippen LogP contribution in [0.15, 0.2) is 0 Å². The fourth-order valence-corrected chi connectivity index (χ4v) is 8.48. The topological polar surface area (TPSA) is 27.7 Å². The molecule has 0 aromatic carbocycles. The molecule has 0 bridgehead atoms. The van der Waals surface area contributed by atoms with Gasteiger partial charge in [-0.2, -0.15) is 0 Å². The van der Waals surface area contributed by atoms with Gasteiger partial charge in [-0.25, -0.2) is 0 Å². The summed E-state index contributed by atoms with van der Waals surface area (Å²) in [7, 11) is -1.62. The minimum Gasteiger partial charge on any atom is -0.437 e. The Morgan fingerprint density at radius 1 is 1.00 bits per heavy atom. The molecule has 3 nitrogen and oxygen atoms in total. The van der Waals surface area contributed by atoms with E-state index in [0.29, 0.717) is 0 Å². The summed E-state index contributed by atoms with van der Waals surface area (Å²) >= 11 is 0. The molecule has 0 aromatic rings. The van der Waals surface area contributed by atoms with Gasteiger partial charge in [0.15, 0.2) is 8.32 Å². The Bertz CT molecular complexity index is 132. The molecule has 0 N–H and O–H groups in total. The number of rotatable bonds is 5. The molecule has 2 radical (unpaired) electrons. The molecule has 0 atom stereocenters. The van der Waals surface area contributed by atoms with Crippen molar-refractivity contribution in [3.05, 3.63) is 0 Å². The fraction of sp³-hybridized carbons (Fsp3) is 1.00. The molecule has 0 unspecified atom stereocenters. The summed E-state index contributed by atoms with van der Waals surface area (Å²) in [6.07, 6.45) is 0. The van der Waals surface area contributed by atoms with Gasteiger partial charge in [0.25, 0.3) is 0 Å². The van der Waals surface area contributed by atoms with Crippen LogP contribution in [0.1, 0.15) is 0 Å². The quantitative estimate of drug-likeness (QED) is 0.663. The number of hydrogen-bond donors (Lipinski definition) is 0. The molecule has 0 aliphatic heterocycles. The minimum atomic E-state index is -1.91. The second-order valence-electron chi connectivity index (χ2n) is 4.00. The summed E-state index contributed by atoms with van der Waals surface area (Å²) in [5.74, 6) is 0. The van der Waals surface area contributed by atoms with Gasteiger partial charge in [-0.05, 0) is 32.7 Å². The molecule has 0 rings (SSSR count). The van der Waals surface area contributed by atoms with Crippen LogP contribution in [0.2, 0.25) is 32.7 Å². The Balaban J connectivity index is 3.86. The van der Waals surface area contributed by atoms with E-state index in [0.717, 1.165) is 0 Å². The molecule has 0 fully saturated rings. The highest BCUT2D eigenvalue weighted by Gasteiger charge is 2.31. The molecule has 0 heterocycles. The van der Waals surface area contributed by atoms with Crippen LogP contribution in [0.25, 0.3) is 0 Å². The largest absolute Gasteiger partial charge is 0.437 e. The highest BCUT2D eigenvalue weighted by Crippen LogP contribution is 2.14. The van der Waals surface area contributed by atoms with Crippen LogP contribution in [-0.2, 0) is 12.7 Å². The van der Waals surface area contributed by atoms with E-state index in [1.54, 1.807) is 7.11 Å². The minimum absolute atomic E-state index is 0.111. The first kappa shape index (κ1) is 12.5. The summed E-state index contributed by atoms with van der Waals surface area (Å²) in [5.41, 5.74) is 0. The van der Waals surface area contributed by atoms with E-state index in [9.17, 15) is 0 Å². The lowest BCUT2D eigenvalue weighted by atomic mass is 11.8. The Labute approximate surface area is 79.9 Å². The molecular weight excluding hydrogens is 204 g/mol. The first-order valence-electron chi connectivity index (χ1n) is 3.93. The molecule has 0 aromatic heterocycles. The van der Waals surface area contributed by atoms with Gasteiger partial charge in [-0.15, -0.1) is 0 Å². The molecule has 12 heavy (non-hydrogen) atoms. The summed E-state index contributed by atoms with van der Waals surface area (Å²) in [6.45, 7) is 10.6. The van der Waals surface area contributed by atoms with Crippen LogP contribution in [0, 0.1) is 0 Å². The summed E-state index contributed by atoms with van der Waals surface area (Å²) in [5, 5.41) is 0. The Morgan fingerprint density at radius 3 is 1.83 bits per heavy atom. The Kier molecular flexibility index (Phi) is 4.89. The molecule has 0 saturated carbocycles. The van der Waals surface area contributed by atoms with Gasteiger partial charge in [0.05, 0.1) is 0 Å². The maximum atomic E-state index is 5.91. The van der Waals surface area contributed by atoms with E-state index < -0.39 is 16.9 Å². The maximum absolute atomic E-state index is 5.91. The third-order valence-electron chi connectivity index (χ3n) is 0.923. The van der Waals surface area contributed by atoms with Crippen molar-refractivity contribution in [3.63, 3.8) is 0 Å². The molecule has 0 aliphatic carbocycles. The second kappa shape index (κ2) is 4.68. The summed E-state index contributed by atoms with van der Waals surface area (Å²) < 4.78 is 16.3.